The van der Waals surface area contributed by atoms with Crippen molar-refractivity contribution in [3.05, 3.63) is 47.7 Å². The molecule has 4 rings (SSSR count). The first-order valence-corrected chi connectivity index (χ1v) is 10.1. The number of benzene rings is 1. The van der Waals surface area contributed by atoms with E-state index in [0.29, 0.717) is 23.8 Å². The van der Waals surface area contributed by atoms with Gasteiger partial charge in [0, 0.05) is 31.1 Å². The molecular weight excluding hydrogens is 336 g/mol. The van der Waals surface area contributed by atoms with Crippen molar-refractivity contribution in [1.29, 1.82) is 0 Å². The van der Waals surface area contributed by atoms with E-state index >= 15 is 0 Å². The minimum absolute atomic E-state index is 0.307. The summed E-state index contributed by atoms with van der Waals surface area (Å²) in [6.07, 6.45) is 4.45. The number of nitrogens with two attached hydrogens (primary N) is 2. The zero-order valence-electron chi connectivity index (χ0n) is 15.8. The molecule has 2 aliphatic rings. The van der Waals surface area contributed by atoms with Crippen molar-refractivity contribution >= 4 is 11.8 Å². The van der Waals surface area contributed by atoms with Gasteiger partial charge in [-0.1, -0.05) is 30.3 Å². The zero-order chi connectivity index (χ0) is 18.6. The van der Waals surface area contributed by atoms with E-state index < -0.39 is 0 Å². The quantitative estimate of drug-likeness (QED) is 0.727. The largest absolute Gasteiger partial charge is 0.369 e. The number of hydrogen-bond acceptors (Lipinski definition) is 6. The van der Waals surface area contributed by atoms with Crippen LogP contribution in [0.3, 0.4) is 0 Å². The maximum Gasteiger partial charge on any atom is 0.222 e. The summed E-state index contributed by atoms with van der Waals surface area (Å²) in [7, 11) is 0. The normalized spacial score (nSPS) is 23.7. The van der Waals surface area contributed by atoms with Gasteiger partial charge in [0.05, 0.1) is 5.69 Å². The Morgan fingerprint density at radius 3 is 2.48 bits per heavy atom. The van der Waals surface area contributed by atoms with Crippen LogP contribution in [0.1, 0.15) is 48.8 Å². The lowest BCUT2D eigenvalue weighted by Gasteiger charge is -2.32. The van der Waals surface area contributed by atoms with Gasteiger partial charge in [-0.25, -0.2) is 4.98 Å². The second-order valence-electron chi connectivity index (χ2n) is 7.92. The molecule has 0 atom stereocenters. The topological polar surface area (TPSA) is 93.1 Å². The van der Waals surface area contributed by atoms with Gasteiger partial charge in [0.1, 0.15) is 5.82 Å². The van der Waals surface area contributed by atoms with Crippen LogP contribution in [0, 0.1) is 0 Å². The third-order valence-corrected chi connectivity index (χ3v) is 5.95. The fourth-order valence-electron chi connectivity index (χ4n) is 4.25. The predicted octanol–water partition coefficient (Wildman–Crippen LogP) is 2.55. The van der Waals surface area contributed by atoms with Gasteiger partial charge in [0.15, 0.2) is 0 Å². The Hall–Kier alpha value is -2.18. The van der Waals surface area contributed by atoms with E-state index in [0.717, 1.165) is 50.5 Å². The Morgan fingerprint density at radius 1 is 1.04 bits per heavy atom. The average Bonchev–Trinajstić information content (AvgIpc) is 2.66. The van der Waals surface area contributed by atoms with Crippen LogP contribution >= 0.6 is 0 Å². The van der Waals surface area contributed by atoms with Gasteiger partial charge < -0.3 is 21.7 Å². The minimum atomic E-state index is 0.307. The van der Waals surface area contributed by atoms with Crippen LogP contribution in [0.4, 0.5) is 11.8 Å². The van der Waals surface area contributed by atoms with Crippen molar-refractivity contribution in [3.8, 4) is 0 Å². The first-order valence-electron chi connectivity index (χ1n) is 10.1. The Labute approximate surface area is 161 Å². The number of nitrogen functional groups attached to an aromatic ring is 1. The van der Waals surface area contributed by atoms with Crippen LogP contribution in [0.25, 0.3) is 0 Å². The highest BCUT2D eigenvalue weighted by Gasteiger charge is 2.29. The predicted molar refractivity (Wildman–Crippen MR) is 110 cm³/mol. The van der Waals surface area contributed by atoms with Gasteiger partial charge in [0.2, 0.25) is 5.95 Å². The fraction of sp³-hybridized carbons (Fsp3) is 0.524. The van der Waals surface area contributed by atoms with Crippen molar-refractivity contribution < 1.29 is 0 Å². The second-order valence-corrected chi connectivity index (χ2v) is 7.92. The highest BCUT2D eigenvalue weighted by molar-refractivity contribution is 5.42. The highest BCUT2D eigenvalue weighted by atomic mass is 15.2. The van der Waals surface area contributed by atoms with E-state index in [2.05, 4.69) is 50.5 Å². The second kappa shape index (κ2) is 8.23. The lowest BCUT2D eigenvalue weighted by molar-refractivity contribution is 0.219. The van der Waals surface area contributed by atoms with E-state index in [4.69, 9.17) is 11.5 Å². The number of aromatic nitrogens is 2. The number of anilines is 2. The van der Waals surface area contributed by atoms with E-state index in [9.17, 15) is 0 Å². The Bertz CT molecular complexity index is 736. The summed E-state index contributed by atoms with van der Waals surface area (Å²) in [6, 6.07) is 13.2. The Balaban J connectivity index is 1.24. The average molecular weight is 367 g/mol. The van der Waals surface area contributed by atoms with Crippen LogP contribution in [-0.4, -0.2) is 47.1 Å². The molecule has 1 aliphatic carbocycles. The van der Waals surface area contributed by atoms with Crippen molar-refractivity contribution in [2.24, 2.45) is 5.73 Å². The monoisotopic (exact) mass is 366 g/mol. The van der Waals surface area contributed by atoms with E-state index in [1.165, 1.54) is 18.4 Å². The summed E-state index contributed by atoms with van der Waals surface area (Å²) >= 11 is 0. The fourth-order valence-corrected chi connectivity index (χ4v) is 4.25. The molecule has 1 aromatic carbocycles. The summed E-state index contributed by atoms with van der Waals surface area (Å²) in [6.45, 7) is 4.20. The Kier molecular flexibility index (Phi) is 5.55. The molecule has 2 heterocycles. The van der Waals surface area contributed by atoms with Gasteiger partial charge in [-0.3, -0.25) is 0 Å². The third-order valence-electron chi connectivity index (χ3n) is 5.95. The minimum Gasteiger partial charge on any atom is -0.369 e. The van der Waals surface area contributed by atoms with Crippen LogP contribution < -0.4 is 16.8 Å². The first kappa shape index (κ1) is 18.2. The van der Waals surface area contributed by atoms with Crippen LogP contribution in [-0.2, 0) is 0 Å². The molecule has 2 aromatic rings. The highest BCUT2D eigenvalue weighted by Crippen LogP contribution is 2.35. The maximum absolute atomic E-state index is 5.90. The van der Waals surface area contributed by atoms with Crippen LogP contribution in [0.2, 0.25) is 0 Å². The molecule has 6 nitrogen and oxygen atoms in total. The van der Waals surface area contributed by atoms with Crippen molar-refractivity contribution in [3.63, 3.8) is 0 Å². The molecule has 1 saturated carbocycles. The number of nitrogens with zero attached hydrogens (tertiary/aromatic N) is 3. The molecular formula is C21H30N6. The summed E-state index contributed by atoms with van der Waals surface area (Å²) in [5.41, 5.74) is 14.3. The van der Waals surface area contributed by atoms with E-state index in [1.807, 2.05) is 6.07 Å². The third kappa shape index (κ3) is 4.57. The van der Waals surface area contributed by atoms with E-state index in [-0.39, 0.29) is 0 Å². The van der Waals surface area contributed by atoms with Crippen molar-refractivity contribution in [2.45, 2.75) is 43.6 Å². The summed E-state index contributed by atoms with van der Waals surface area (Å²) in [5, 5.41) is 3.43. The molecule has 1 aliphatic heterocycles. The smallest absolute Gasteiger partial charge is 0.222 e. The first-order chi connectivity index (χ1) is 13.2. The molecule has 0 bridgehead atoms. The lowest BCUT2D eigenvalue weighted by Crippen LogP contribution is -2.36. The maximum atomic E-state index is 5.90. The van der Waals surface area contributed by atoms with Gasteiger partial charge in [-0.15, -0.1) is 0 Å². The van der Waals surface area contributed by atoms with Gasteiger partial charge >= 0.3 is 0 Å². The van der Waals surface area contributed by atoms with E-state index in [1.54, 1.807) is 0 Å². The number of likely N-dealkylation sites (tertiary alicyclic amines) is 1. The van der Waals surface area contributed by atoms with Crippen LogP contribution in [0.5, 0.6) is 0 Å². The SMILES string of the molecule is Nc1nc(NCCN2CCC(c3ccccc3)CC2)cc(C2CC(N)C2)n1. The number of piperidine rings is 1. The molecule has 0 unspecified atom stereocenters. The number of rotatable bonds is 6. The molecule has 1 saturated heterocycles. The summed E-state index contributed by atoms with van der Waals surface area (Å²) < 4.78 is 0. The van der Waals surface area contributed by atoms with Gasteiger partial charge in [-0.05, 0) is 50.3 Å². The molecule has 6 heteroatoms. The molecule has 2 fully saturated rings. The molecule has 5 N–H and O–H groups in total. The lowest BCUT2D eigenvalue weighted by atomic mass is 9.78. The zero-order valence-corrected chi connectivity index (χ0v) is 15.8. The van der Waals surface area contributed by atoms with Gasteiger partial charge in [-0.2, -0.15) is 4.98 Å². The molecule has 144 valence electrons. The molecule has 1 aromatic heterocycles. The van der Waals surface area contributed by atoms with Crippen LogP contribution in [0.15, 0.2) is 36.4 Å². The Morgan fingerprint density at radius 2 is 1.78 bits per heavy atom. The molecule has 0 radical (unpaired) electrons. The van der Waals surface area contributed by atoms with Gasteiger partial charge in [0.25, 0.3) is 0 Å². The number of hydrogen-bond donors (Lipinski definition) is 3. The summed E-state index contributed by atoms with van der Waals surface area (Å²) in [4.78, 5) is 11.3. The van der Waals surface area contributed by atoms with Crippen molar-refractivity contribution in [1.82, 2.24) is 14.9 Å². The van der Waals surface area contributed by atoms with Crippen molar-refractivity contribution in [2.75, 3.05) is 37.2 Å². The summed E-state index contributed by atoms with van der Waals surface area (Å²) in [5.74, 6) is 2.31. The molecule has 0 amide bonds. The number of nitrogens with one attached hydrogen (secondary N) is 1. The molecule has 27 heavy (non-hydrogen) atoms. The molecule has 0 spiro atoms. The standard InChI is InChI=1S/C21H30N6/c22-18-12-17(13-18)19-14-20(26-21(23)25-19)24-8-11-27-9-6-16(7-10-27)15-4-2-1-3-5-15/h1-5,14,16-18H,6-13,22H2,(H3,23,24,25,26).